The molecule has 0 unspecified atom stereocenters. The van der Waals surface area contributed by atoms with Crippen molar-refractivity contribution in [3.63, 3.8) is 0 Å². The Morgan fingerprint density at radius 2 is 1.76 bits per heavy atom. The normalized spacial score (nSPS) is 12.7. The topological polar surface area (TPSA) is 58.0 Å². The Morgan fingerprint density at radius 1 is 1.00 bits per heavy atom. The van der Waals surface area contributed by atoms with Crippen molar-refractivity contribution in [1.29, 1.82) is 0 Å². The van der Waals surface area contributed by atoms with Crippen LogP contribution in [0.4, 0.5) is 23.4 Å². The maximum atomic E-state index is 13.2. The Balaban J connectivity index is 1.74. The molecule has 0 radical (unpaired) electrons. The minimum absolute atomic E-state index is 0.0339. The highest BCUT2D eigenvalue weighted by Gasteiger charge is 2.33. The molecule has 0 bridgehead atoms. The highest BCUT2D eigenvalue weighted by Crippen LogP contribution is 2.36. The van der Waals surface area contributed by atoms with Crippen LogP contribution in [0.2, 0.25) is 10.0 Å². The Hall–Kier alpha value is -2.42. The van der Waals surface area contributed by atoms with Crippen LogP contribution in [0.15, 0.2) is 48.8 Å². The minimum atomic E-state index is -4.55. The Kier molecular flexibility index (Phi) is 6.26. The first kappa shape index (κ1) is 21.3. The van der Waals surface area contributed by atoms with Gasteiger partial charge in [0.15, 0.2) is 0 Å². The number of anilines is 1. The van der Waals surface area contributed by atoms with Gasteiger partial charge in [0.05, 0.1) is 27.4 Å². The number of rotatable bonds is 5. The number of hydrogen-bond donors (Lipinski definition) is 2. The fraction of sp³-hybridized carbons (Fsp3) is 0.158. The molecule has 29 heavy (non-hydrogen) atoms. The number of nitrogens with one attached hydrogen (secondary N) is 1. The van der Waals surface area contributed by atoms with Gasteiger partial charge in [0.1, 0.15) is 18.0 Å². The molecule has 2 aromatic carbocycles. The first-order valence-corrected chi connectivity index (χ1v) is 8.97. The second kappa shape index (κ2) is 8.52. The van der Waals surface area contributed by atoms with Crippen LogP contribution in [0.5, 0.6) is 0 Å². The van der Waals surface area contributed by atoms with Crippen molar-refractivity contribution in [3.05, 3.63) is 75.8 Å². The molecule has 0 amide bonds. The molecule has 3 aromatic rings. The van der Waals surface area contributed by atoms with Crippen molar-refractivity contribution >= 4 is 29.0 Å². The van der Waals surface area contributed by atoms with Gasteiger partial charge in [-0.3, -0.25) is 0 Å². The van der Waals surface area contributed by atoms with E-state index in [0.717, 1.165) is 12.1 Å². The van der Waals surface area contributed by atoms with E-state index in [9.17, 15) is 22.7 Å². The number of nitrogens with zero attached hydrogens (tertiary/aromatic N) is 2. The highest BCUT2D eigenvalue weighted by atomic mass is 35.5. The van der Waals surface area contributed by atoms with Crippen LogP contribution in [-0.4, -0.2) is 21.6 Å². The van der Waals surface area contributed by atoms with Gasteiger partial charge in [-0.2, -0.15) is 13.2 Å². The molecule has 4 nitrogen and oxygen atoms in total. The zero-order valence-corrected chi connectivity index (χ0v) is 16.0. The van der Waals surface area contributed by atoms with E-state index in [2.05, 4.69) is 15.3 Å². The number of alkyl halides is 3. The second-order valence-electron chi connectivity index (χ2n) is 6.05. The van der Waals surface area contributed by atoms with Crippen molar-refractivity contribution in [2.75, 3.05) is 11.9 Å². The summed E-state index contributed by atoms with van der Waals surface area (Å²) < 4.78 is 51.7. The fourth-order valence-corrected chi connectivity index (χ4v) is 3.03. The van der Waals surface area contributed by atoms with E-state index in [1.165, 1.54) is 36.7 Å². The second-order valence-corrected chi connectivity index (χ2v) is 6.87. The largest absolute Gasteiger partial charge is 0.417 e. The van der Waals surface area contributed by atoms with E-state index in [4.69, 9.17) is 23.2 Å². The summed E-state index contributed by atoms with van der Waals surface area (Å²) in [6, 6.07) is 8.69. The van der Waals surface area contributed by atoms with Crippen molar-refractivity contribution in [2.45, 2.75) is 12.3 Å². The van der Waals surface area contributed by atoms with Gasteiger partial charge in [0.2, 0.25) is 0 Å². The van der Waals surface area contributed by atoms with E-state index in [1.807, 2.05) is 0 Å². The number of aliphatic hydroxyl groups is 1. The van der Waals surface area contributed by atoms with Gasteiger partial charge in [-0.25, -0.2) is 14.4 Å². The fourth-order valence-electron chi connectivity index (χ4n) is 2.55. The summed E-state index contributed by atoms with van der Waals surface area (Å²) in [4.78, 5) is 8.05. The summed E-state index contributed by atoms with van der Waals surface area (Å²) in [5.74, 6) is -0.260. The molecule has 1 heterocycles. The van der Waals surface area contributed by atoms with Crippen LogP contribution in [-0.2, 0) is 6.18 Å². The van der Waals surface area contributed by atoms with Crippen LogP contribution in [0.1, 0.15) is 17.2 Å². The molecule has 2 N–H and O–H groups in total. The van der Waals surface area contributed by atoms with Gasteiger partial charge in [0, 0.05) is 18.2 Å². The summed E-state index contributed by atoms with van der Waals surface area (Å²) in [5.41, 5.74) is 0.195. The van der Waals surface area contributed by atoms with E-state index >= 15 is 0 Å². The molecular weight excluding hydrogens is 433 g/mol. The Bertz CT molecular complexity index is 1030. The number of aromatic nitrogens is 2. The lowest BCUT2D eigenvalue weighted by molar-refractivity contribution is -0.137. The van der Waals surface area contributed by atoms with Crippen LogP contribution >= 0.6 is 23.2 Å². The van der Waals surface area contributed by atoms with Gasteiger partial charge in [0.25, 0.3) is 0 Å². The molecule has 0 saturated carbocycles. The number of aliphatic hydroxyl groups excluding tert-OH is 1. The van der Waals surface area contributed by atoms with Gasteiger partial charge >= 0.3 is 6.18 Å². The van der Waals surface area contributed by atoms with E-state index in [-0.39, 0.29) is 11.6 Å². The summed E-state index contributed by atoms with van der Waals surface area (Å²) in [7, 11) is 0. The van der Waals surface area contributed by atoms with Crippen LogP contribution < -0.4 is 5.32 Å². The van der Waals surface area contributed by atoms with E-state index in [0.29, 0.717) is 22.6 Å². The van der Waals surface area contributed by atoms with Gasteiger partial charge in [-0.1, -0.05) is 35.3 Å². The lowest BCUT2D eigenvalue weighted by atomic mass is 10.1. The predicted molar refractivity (Wildman–Crippen MR) is 102 cm³/mol. The molecular formula is C19H13Cl2F4N3O. The van der Waals surface area contributed by atoms with Crippen LogP contribution in [0.25, 0.3) is 11.3 Å². The summed E-state index contributed by atoms with van der Waals surface area (Å²) >= 11 is 11.5. The monoisotopic (exact) mass is 445 g/mol. The first-order chi connectivity index (χ1) is 13.6. The van der Waals surface area contributed by atoms with Crippen molar-refractivity contribution in [2.24, 2.45) is 0 Å². The maximum absolute atomic E-state index is 13.2. The first-order valence-electron chi connectivity index (χ1n) is 8.21. The summed E-state index contributed by atoms with van der Waals surface area (Å²) in [6.07, 6.45) is -4.32. The number of benzene rings is 2. The van der Waals surface area contributed by atoms with Gasteiger partial charge in [-0.05, 0) is 29.8 Å². The Morgan fingerprint density at radius 3 is 2.41 bits per heavy atom. The number of hydrogen-bond acceptors (Lipinski definition) is 4. The van der Waals surface area contributed by atoms with E-state index in [1.54, 1.807) is 0 Å². The minimum Gasteiger partial charge on any atom is -0.387 e. The molecule has 0 saturated heterocycles. The van der Waals surface area contributed by atoms with Gasteiger partial charge in [-0.15, -0.1) is 0 Å². The van der Waals surface area contributed by atoms with Crippen molar-refractivity contribution < 1.29 is 22.7 Å². The predicted octanol–water partition coefficient (Wildman–Crippen LogP) is 5.75. The van der Waals surface area contributed by atoms with Crippen molar-refractivity contribution in [3.8, 4) is 11.3 Å². The molecule has 0 aliphatic heterocycles. The van der Waals surface area contributed by atoms with Crippen LogP contribution in [0.3, 0.4) is 0 Å². The zero-order chi connectivity index (χ0) is 21.2. The molecule has 1 atom stereocenters. The maximum Gasteiger partial charge on any atom is 0.417 e. The molecule has 10 heteroatoms. The van der Waals surface area contributed by atoms with E-state index < -0.39 is 28.7 Å². The lowest BCUT2D eigenvalue weighted by Gasteiger charge is -2.14. The molecule has 152 valence electrons. The summed E-state index contributed by atoms with van der Waals surface area (Å²) in [6.45, 7) is 0.0339. The third-order valence-corrected chi connectivity index (χ3v) is 4.64. The SMILES string of the molecule is O[C@@H](CNc1cc(-c2ccc(C(F)(F)F)c(Cl)c2)ncn1)c1ccc(F)c(Cl)c1. The molecule has 0 aliphatic rings. The smallest absolute Gasteiger partial charge is 0.387 e. The molecule has 3 rings (SSSR count). The molecule has 1 aromatic heterocycles. The number of halogens is 6. The highest BCUT2D eigenvalue weighted by molar-refractivity contribution is 6.31. The Labute approximate surface area is 173 Å². The third kappa shape index (κ3) is 5.14. The third-order valence-electron chi connectivity index (χ3n) is 4.04. The zero-order valence-electron chi connectivity index (χ0n) is 14.5. The molecule has 0 aliphatic carbocycles. The molecule has 0 spiro atoms. The van der Waals surface area contributed by atoms with Crippen LogP contribution in [0, 0.1) is 5.82 Å². The molecule has 0 fully saturated rings. The van der Waals surface area contributed by atoms with Crippen molar-refractivity contribution in [1.82, 2.24) is 9.97 Å². The summed E-state index contributed by atoms with van der Waals surface area (Å²) in [5, 5.41) is 12.6. The standard InChI is InChI=1S/C19H13Cl2F4N3O/c20-13-5-10(1-3-12(13)19(23,24)25)16-7-18(28-9-27-16)26-8-17(29)11-2-4-15(22)14(21)6-11/h1-7,9,17,29H,8H2,(H,26,27,28)/t17-/m0/s1. The van der Waals surface area contributed by atoms with Gasteiger partial charge < -0.3 is 10.4 Å². The average Bonchev–Trinajstić information content (AvgIpc) is 2.67. The quantitative estimate of drug-likeness (QED) is 0.490. The lowest BCUT2D eigenvalue weighted by Crippen LogP contribution is -2.13. The average molecular weight is 446 g/mol.